The van der Waals surface area contributed by atoms with E-state index in [1.165, 1.54) is 22.5 Å². The normalized spacial score (nSPS) is 12.6. The summed E-state index contributed by atoms with van der Waals surface area (Å²) in [6.45, 7) is 4.89. The van der Waals surface area contributed by atoms with E-state index in [9.17, 15) is 13.2 Å². The van der Waals surface area contributed by atoms with Gasteiger partial charge in [-0.2, -0.15) is 16.8 Å². The summed E-state index contributed by atoms with van der Waals surface area (Å²) in [4.78, 5) is 17.6. The third kappa shape index (κ3) is 5.18. The number of carbonyl (C=O) groups is 1. The lowest BCUT2D eigenvalue weighted by atomic mass is 10.1. The Kier molecular flexibility index (Phi) is 6.97. The minimum absolute atomic E-state index is 0.133. The predicted molar refractivity (Wildman–Crippen MR) is 121 cm³/mol. The Balaban J connectivity index is 1.89. The van der Waals surface area contributed by atoms with Crippen molar-refractivity contribution in [2.75, 3.05) is 17.8 Å². The van der Waals surface area contributed by atoms with Gasteiger partial charge >= 0.3 is 0 Å². The van der Waals surface area contributed by atoms with Gasteiger partial charge in [0.05, 0.1) is 20.9 Å². The van der Waals surface area contributed by atoms with E-state index in [0.29, 0.717) is 4.80 Å². The van der Waals surface area contributed by atoms with Crippen molar-refractivity contribution in [2.24, 2.45) is 4.99 Å². The van der Waals surface area contributed by atoms with E-state index in [1.54, 1.807) is 42.1 Å². The first-order valence-electron chi connectivity index (χ1n) is 9.27. The number of fused-ring (bicyclic) bond motifs is 1. The minimum atomic E-state index is -3.50. The molecule has 0 spiro atoms. The highest BCUT2D eigenvalue weighted by molar-refractivity contribution is 7.98. The lowest BCUT2D eigenvalue weighted by Crippen LogP contribution is -2.19. The van der Waals surface area contributed by atoms with Crippen molar-refractivity contribution in [1.82, 2.24) is 4.57 Å². The fraction of sp³-hybridized carbons (Fsp3) is 0.333. The third-order valence-electron chi connectivity index (χ3n) is 4.72. The maximum absolute atomic E-state index is 12.5. The van der Waals surface area contributed by atoms with Crippen molar-refractivity contribution < 1.29 is 13.2 Å². The Morgan fingerprint density at radius 3 is 2.52 bits per heavy atom. The molecule has 0 fully saturated rings. The summed E-state index contributed by atoms with van der Waals surface area (Å²) in [6, 6.07) is 12.5. The fourth-order valence-corrected chi connectivity index (χ4v) is 5.70. The molecule has 0 bridgehead atoms. The first kappa shape index (κ1) is 21.8. The van der Waals surface area contributed by atoms with Gasteiger partial charge in [0, 0.05) is 18.7 Å². The van der Waals surface area contributed by atoms with E-state index in [-0.39, 0.29) is 17.1 Å². The third-order valence-corrected chi connectivity index (χ3v) is 8.09. The summed E-state index contributed by atoms with van der Waals surface area (Å²) >= 11 is 3.20. The van der Waals surface area contributed by atoms with E-state index in [4.69, 9.17) is 0 Å². The molecule has 2 aromatic carbocycles. The quantitative estimate of drug-likeness (QED) is 0.548. The van der Waals surface area contributed by atoms with Crippen molar-refractivity contribution in [3.63, 3.8) is 0 Å². The second kappa shape index (κ2) is 9.28. The molecule has 0 saturated carbocycles. The van der Waals surface area contributed by atoms with Crippen LogP contribution in [0.4, 0.5) is 0 Å². The van der Waals surface area contributed by atoms with Gasteiger partial charge in [0.25, 0.3) is 0 Å². The molecule has 154 valence electrons. The van der Waals surface area contributed by atoms with E-state index < -0.39 is 15.7 Å². The van der Waals surface area contributed by atoms with E-state index in [2.05, 4.69) is 35.5 Å². The number of aryl methyl sites for hydroxylation is 3. The molecule has 1 amide bonds. The number of hydrogen-bond acceptors (Lipinski definition) is 5. The molecule has 0 atom stereocenters. The van der Waals surface area contributed by atoms with Crippen LogP contribution in [0.25, 0.3) is 10.2 Å². The number of sulfone groups is 1. The summed E-state index contributed by atoms with van der Waals surface area (Å²) in [5.74, 6) is 0.248. The number of rotatable bonds is 7. The minimum Gasteiger partial charge on any atom is -0.316 e. The Morgan fingerprint density at radius 1 is 1.14 bits per heavy atom. The van der Waals surface area contributed by atoms with Crippen LogP contribution in [0.2, 0.25) is 0 Å². The van der Waals surface area contributed by atoms with Crippen LogP contribution >= 0.6 is 23.1 Å². The number of carbonyl (C=O) groups excluding carboxylic acids is 1. The van der Waals surface area contributed by atoms with Gasteiger partial charge in [0.2, 0.25) is 5.91 Å². The predicted octanol–water partition coefficient (Wildman–Crippen LogP) is 3.97. The molecule has 1 aromatic heterocycles. The first-order valence-corrected chi connectivity index (χ1v) is 13.1. The number of nitrogens with zero attached hydrogens (tertiary/aromatic N) is 2. The molecule has 5 nitrogen and oxygen atoms in total. The number of amides is 1. The highest BCUT2D eigenvalue weighted by atomic mass is 32.2. The topological polar surface area (TPSA) is 68.5 Å². The maximum Gasteiger partial charge on any atom is 0.249 e. The van der Waals surface area contributed by atoms with Crippen molar-refractivity contribution >= 4 is 49.1 Å². The van der Waals surface area contributed by atoms with Crippen LogP contribution in [0.15, 0.2) is 52.4 Å². The lowest BCUT2D eigenvalue weighted by molar-refractivity contribution is -0.117. The van der Waals surface area contributed by atoms with Gasteiger partial charge in [-0.05, 0) is 55.5 Å². The maximum atomic E-state index is 12.5. The molecule has 8 heteroatoms. The smallest absolute Gasteiger partial charge is 0.249 e. The monoisotopic (exact) mass is 448 g/mol. The second-order valence-electron chi connectivity index (χ2n) is 6.82. The van der Waals surface area contributed by atoms with E-state index in [1.807, 2.05) is 6.26 Å². The standard InChI is InChI=1S/C21H24N2O3S3/c1-15-13-18-19(14-16(15)2)28-21(23(18)10-11-27-3)22-20(24)9-12-29(25,26)17-7-5-4-6-8-17/h4-8,13-14H,9-12H2,1-3H3. The number of thiazole rings is 1. The molecule has 0 aliphatic rings. The van der Waals surface area contributed by atoms with Crippen LogP contribution in [0.1, 0.15) is 17.5 Å². The highest BCUT2D eigenvalue weighted by Crippen LogP contribution is 2.22. The molecular weight excluding hydrogens is 424 g/mol. The fourth-order valence-electron chi connectivity index (χ4n) is 2.94. The van der Waals surface area contributed by atoms with E-state index >= 15 is 0 Å². The van der Waals surface area contributed by atoms with Crippen LogP contribution in [0.5, 0.6) is 0 Å². The largest absolute Gasteiger partial charge is 0.316 e. The van der Waals surface area contributed by atoms with Crippen LogP contribution in [0, 0.1) is 13.8 Å². The summed E-state index contributed by atoms with van der Waals surface area (Å²) in [7, 11) is -3.50. The molecule has 3 rings (SSSR count). The average Bonchev–Trinajstić information content (AvgIpc) is 3.01. The molecule has 1 heterocycles. The zero-order chi connectivity index (χ0) is 21.0. The molecule has 0 aliphatic heterocycles. The van der Waals surface area contributed by atoms with Gasteiger partial charge in [-0.1, -0.05) is 29.5 Å². The molecule has 0 unspecified atom stereocenters. The van der Waals surface area contributed by atoms with Crippen LogP contribution in [-0.4, -0.2) is 36.7 Å². The van der Waals surface area contributed by atoms with E-state index in [0.717, 1.165) is 22.5 Å². The lowest BCUT2D eigenvalue weighted by Gasteiger charge is -2.06. The molecule has 3 aromatic rings. The summed E-state index contributed by atoms with van der Waals surface area (Å²) in [6.07, 6.45) is 1.91. The van der Waals surface area contributed by atoms with Crippen LogP contribution in [-0.2, 0) is 21.2 Å². The molecule has 0 radical (unpaired) electrons. The van der Waals surface area contributed by atoms with Gasteiger partial charge in [0.15, 0.2) is 14.6 Å². The second-order valence-corrected chi connectivity index (χ2v) is 10.9. The zero-order valence-corrected chi connectivity index (χ0v) is 19.2. The van der Waals surface area contributed by atoms with Gasteiger partial charge in [-0.15, -0.1) is 0 Å². The number of thioether (sulfide) groups is 1. The van der Waals surface area contributed by atoms with Crippen molar-refractivity contribution in [1.29, 1.82) is 0 Å². The summed E-state index contributed by atoms with van der Waals surface area (Å²) < 4.78 is 28.0. The summed E-state index contributed by atoms with van der Waals surface area (Å²) in [5.41, 5.74) is 3.46. The van der Waals surface area contributed by atoms with Gasteiger partial charge in [0.1, 0.15) is 0 Å². The van der Waals surface area contributed by atoms with Gasteiger partial charge < -0.3 is 4.57 Å². The van der Waals surface area contributed by atoms with Crippen molar-refractivity contribution in [3.8, 4) is 0 Å². The van der Waals surface area contributed by atoms with Crippen LogP contribution < -0.4 is 4.80 Å². The number of hydrogen-bond donors (Lipinski definition) is 0. The number of aromatic nitrogens is 1. The highest BCUT2D eigenvalue weighted by Gasteiger charge is 2.16. The number of benzene rings is 2. The Morgan fingerprint density at radius 2 is 1.83 bits per heavy atom. The van der Waals surface area contributed by atoms with Gasteiger partial charge in [-0.3, -0.25) is 4.79 Å². The van der Waals surface area contributed by atoms with Gasteiger partial charge in [-0.25, -0.2) is 8.42 Å². The molecule has 0 aliphatic carbocycles. The zero-order valence-electron chi connectivity index (χ0n) is 16.7. The first-order chi connectivity index (χ1) is 13.8. The Hall–Kier alpha value is -1.90. The Bertz CT molecular complexity index is 1190. The summed E-state index contributed by atoms with van der Waals surface area (Å²) in [5, 5.41) is 0. The van der Waals surface area contributed by atoms with Crippen molar-refractivity contribution in [2.45, 2.75) is 31.7 Å². The molecule has 29 heavy (non-hydrogen) atoms. The molecular formula is C21H24N2O3S3. The Labute approximate surface area is 179 Å². The van der Waals surface area contributed by atoms with Crippen molar-refractivity contribution in [3.05, 3.63) is 58.4 Å². The van der Waals surface area contributed by atoms with Crippen LogP contribution in [0.3, 0.4) is 0 Å². The molecule has 0 saturated heterocycles. The average molecular weight is 449 g/mol. The molecule has 0 N–H and O–H groups in total. The SMILES string of the molecule is CSCCn1c(=NC(=O)CCS(=O)(=O)c2ccccc2)sc2cc(C)c(C)cc21.